The summed E-state index contributed by atoms with van der Waals surface area (Å²) in [6.45, 7) is 2.09. The molecule has 0 amide bonds. The predicted octanol–water partition coefficient (Wildman–Crippen LogP) is 4.57. The fourth-order valence-corrected chi connectivity index (χ4v) is 4.11. The van der Waals surface area contributed by atoms with E-state index in [0.717, 1.165) is 28.1 Å². The van der Waals surface area contributed by atoms with E-state index in [1.807, 2.05) is 31.5 Å². The molecule has 140 valence electrons. The molecule has 1 aromatic heterocycles. The third kappa shape index (κ3) is 2.94. The number of imidazole rings is 1. The molecule has 0 saturated heterocycles. The van der Waals surface area contributed by atoms with Crippen LogP contribution in [0.1, 0.15) is 28.1 Å². The molecule has 28 heavy (non-hydrogen) atoms. The van der Waals surface area contributed by atoms with Crippen LogP contribution in [0, 0.1) is 6.92 Å². The average Bonchev–Trinajstić information content (AvgIpc) is 3.12. The smallest absolute Gasteiger partial charge is 0.121 e. The van der Waals surface area contributed by atoms with Crippen LogP contribution >= 0.6 is 0 Å². The molecule has 0 atom stereocenters. The fraction of sp³-hybridized carbons (Fsp3) is 0.160. The Bertz CT molecular complexity index is 927. The Morgan fingerprint density at radius 1 is 0.750 bits per heavy atom. The van der Waals surface area contributed by atoms with E-state index in [1.54, 1.807) is 0 Å². The third-order valence-corrected chi connectivity index (χ3v) is 5.36. The largest absolute Gasteiger partial charge is 0.396 e. The quantitative estimate of drug-likeness (QED) is 0.507. The molecule has 4 rings (SSSR count). The number of nitrogens with zero attached hydrogens (tertiary/aromatic N) is 2. The minimum atomic E-state index is -0.574. The Balaban J connectivity index is 2.14. The molecule has 0 spiro atoms. The Morgan fingerprint density at radius 2 is 1.18 bits per heavy atom. The molecule has 0 aliphatic rings. The van der Waals surface area contributed by atoms with E-state index in [0.29, 0.717) is 6.42 Å². The van der Waals surface area contributed by atoms with Gasteiger partial charge in [-0.25, -0.2) is 4.98 Å². The summed E-state index contributed by atoms with van der Waals surface area (Å²) in [6, 6.07) is 31.6. The Hall–Kier alpha value is -3.17. The van der Waals surface area contributed by atoms with Gasteiger partial charge in [0.2, 0.25) is 0 Å². The van der Waals surface area contributed by atoms with Crippen molar-refractivity contribution in [2.24, 2.45) is 0 Å². The molecule has 0 unspecified atom stereocenters. The van der Waals surface area contributed by atoms with Crippen LogP contribution in [-0.2, 0) is 12.0 Å². The van der Waals surface area contributed by atoms with Crippen molar-refractivity contribution >= 4 is 0 Å². The molecule has 0 aliphatic heterocycles. The van der Waals surface area contributed by atoms with Gasteiger partial charge in [-0.15, -0.1) is 0 Å². The Morgan fingerprint density at radius 3 is 1.57 bits per heavy atom. The van der Waals surface area contributed by atoms with Gasteiger partial charge in [-0.3, -0.25) is 0 Å². The zero-order valence-electron chi connectivity index (χ0n) is 16.0. The number of benzene rings is 3. The summed E-state index contributed by atoms with van der Waals surface area (Å²) in [5.41, 5.74) is 4.88. The van der Waals surface area contributed by atoms with E-state index in [-0.39, 0.29) is 6.61 Å². The van der Waals surface area contributed by atoms with E-state index >= 15 is 0 Å². The second-order valence-electron chi connectivity index (χ2n) is 6.93. The standard InChI is InChI=1S/C25H24N2O/c1-20-24(17-18-28)27(19-26-20)25(21-11-5-2-6-12-21,22-13-7-3-8-14-22)23-15-9-4-10-16-23/h2-16,19,28H,17-18H2,1H3. The van der Waals surface area contributed by atoms with Crippen molar-refractivity contribution in [2.75, 3.05) is 6.61 Å². The lowest BCUT2D eigenvalue weighted by Gasteiger charge is -2.38. The van der Waals surface area contributed by atoms with E-state index in [2.05, 4.69) is 82.3 Å². The molecule has 1 heterocycles. The van der Waals surface area contributed by atoms with E-state index in [9.17, 15) is 5.11 Å². The lowest BCUT2D eigenvalue weighted by Crippen LogP contribution is -2.38. The molecular formula is C25H24N2O. The number of aliphatic hydroxyl groups excluding tert-OH is 1. The summed E-state index contributed by atoms with van der Waals surface area (Å²) < 4.78 is 2.23. The zero-order chi connectivity index (χ0) is 19.4. The summed E-state index contributed by atoms with van der Waals surface area (Å²) in [5, 5.41) is 9.72. The van der Waals surface area contributed by atoms with Crippen molar-refractivity contribution in [1.29, 1.82) is 0 Å². The molecule has 3 heteroatoms. The van der Waals surface area contributed by atoms with Gasteiger partial charge in [0.15, 0.2) is 0 Å². The van der Waals surface area contributed by atoms with Gasteiger partial charge in [0.05, 0.1) is 12.0 Å². The Labute approximate surface area is 165 Å². The molecule has 1 N–H and O–H groups in total. The molecule has 4 aromatic rings. The molecule has 0 bridgehead atoms. The van der Waals surface area contributed by atoms with Crippen molar-refractivity contribution < 1.29 is 5.11 Å². The molecule has 0 aliphatic carbocycles. The lowest BCUT2D eigenvalue weighted by molar-refractivity contribution is 0.294. The van der Waals surface area contributed by atoms with Crippen molar-refractivity contribution in [3.05, 3.63) is 125 Å². The second-order valence-corrected chi connectivity index (χ2v) is 6.93. The lowest BCUT2D eigenvalue weighted by atomic mass is 9.76. The minimum absolute atomic E-state index is 0.0843. The topological polar surface area (TPSA) is 38.0 Å². The summed E-state index contributed by atoms with van der Waals surface area (Å²) in [4.78, 5) is 4.63. The van der Waals surface area contributed by atoms with Crippen molar-refractivity contribution in [2.45, 2.75) is 18.9 Å². The van der Waals surface area contributed by atoms with Crippen LogP contribution in [0.2, 0.25) is 0 Å². The first-order valence-corrected chi connectivity index (χ1v) is 9.59. The Kier molecular flexibility index (Phi) is 5.09. The summed E-state index contributed by atoms with van der Waals surface area (Å²) in [6.07, 6.45) is 2.47. The summed E-state index contributed by atoms with van der Waals surface area (Å²) in [7, 11) is 0. The SMILES string of the molecule is Cc1ncn(C(c2ccccc2)(c2ccccc2)c2ccccc2)c1CCO. The van der Waals surface area contributed by atoms with E-state index in [1.165, 1.54) is 0 Å². The third-order valence-electron chi connectivity index (χ3n) is 5.36. The fourth-order valence-electron chi connectivity index (χ4n) is 4.11. The maximum atomic E-state index is 9.72. The second kappa shape index (κ2) is 7.83. The highest BCUT2D eigenvalue weighted by Crippen LogP contribution is 2.41. The summed E-state index contributed by atoms with van der Waals surface area (Å²) >= 11 is 0. The number of aromatic nitrogens is 2. The van der Waals surface area contributed by atoms with E-state index in [4.69, 9.17) is 0 Å². The highest BCUT2D eigenvalue weighted by atomic mass is 16.3. The van der Waals surface area contributed by atoms with Gasteiger partial charge in [-0.1, -0.05) is 91.0 Å². The highest BCUT2D eigenvalue weighted by molar-refractivity contribution is 5.51. The first-order chi connectivity index (χ1) is 13.8. The first-order valence-electron chi connectivity index (χ1n) is 9.59. The minimum Gasteiger partial charge on any atom is -0.396 e. The van der Waals surface area contributed by atoms with Crippen molar-refractivity contribution in [3.8, 4) is 0 Å². The molecule has 0 fully saturated rings. The molecule has 0 radical (unpaired) electrons. The normalized spacial score (nSPS) is 11.5. The average molecular weight is 368 g/mol. The maximum Gasteiger partial charge on any atom is 0.121 e. The zero-order valence-corrected chi connectivity index (χ0v) is 16.0. The highest BCUT2D eigenvalue weighted by Gasteiger charge is 2.39. The number of hydrogen-bond donors (Lipinski definition) is 1. The van der Waals surface area contributed by atoms with Crippen LogP contribution < -0.4 is 0 Å². The van der Waals surface area contributed by atoms with Gasteiger partial charge in [-0.05, 0) is 23.6 Å². The van der Waals surface area contributed by atoms with Crippen molar-refractivity contribution in [1.82, 2.24) is 9.55 Å². The summed E-state index contributed by atoms with van der Waals surface area (Å²) in [5.74, 6) is 0. The van der Waals surface area contributed by atoms with E-state index < -0.39 is 5.54 Å². The van der Waals surface area contributed by atoms with Gasteiger partial charge < -0.3 is 9.67 Å². The van der Waals surface area contributed by atoms with Gasteiger partial charge in [0.25, 0.3) is 0 Å². The van der Waals surface area contributed by atoms with Gasteiger partial charge in [-0.2, -0.15) is 0 Å². The molecule has 3 nitrogen and oxygen atoms in total. The predicted molar refractivity (Wildman–Crippen MR) is 112 cm³/mol. The van der Waals surface area contributed by atoms with Gasteiger partial charge in [0.1, 0.15) is 5.54 Å². The maximum absolute atomic E-state index is 9.72. The van der Waals surface area contributed by atoms with Crippen LogP contribution in [0.25, 0.3) is 0 Å². The van der Waals surface area contributed by atoms with Crippen LogP contribution in [0.3, 0.4) is 0 Å². The van der Waals surface area contributed by atoms with Crippen LogP contribution in [0.4, 0.5) is 0 Å². The molecular weight excluding hydrogens is 344 g/mol. The molecule has 3 aromatic carbocycles. The van der Waals surface area contributed by atoms with Crippen LogP contribution in [0.5, 0.6) is 0 Å². The van der Waals surface area contributed by atoms with Crippen molar-refractivity contribution in [3.63, 3.8) is 0 Å². The molecule has 0 saturated carbocycles. The number of aryl methyl sites for hydroxylation is 1. The number of hydrogen-bond acceptors (Lipinski definition) is 2. The van der Waals surface area contributed by atoms with Crippen LogP contribution in [-0.4, -0.2) is 21.3 Å². The van der Waals surface area contributed by atoms with Crippen LogP contribution in [0.15, 0.2) is 97.3 Å². The first kappa shape index (κ1) is 18.2. The number of rotatable bonds is 6. The van der Waals surface area contributed by atoms with Gasteiger partial charge in [0, 0.05) is 18.7 Å². The number of aliphatic hydroxyl groups is 1. The van der Waals surface area contributed by atoms with Gasteiger partial charge >= 0.3 is 0 Å². The monoisotopic (exact) mass is 368 g/mol.